The van der Waals surface area contributed by atoms with Gasteiger partial charge in [-0.15, -0.1) is 0 Å². The minimum atomic E-state index is -0.608. The van der Waals surface area contributed by atoms with Gasteiger partial charge in [0.25, 0.3) is 0 Å². The molecule has 1 aliphatic rings. The SMILES string of the molecule is CCOC(=O)C1=C(CN(C)Cc2ccccc2)NC(=O)N[C@@H]1c1ccc(OCC)cc1. The zero-order valence-corrected chi connectivity index (χ0v) is 18.2. The first-order valence-electron chi connectivity index (χ1n) is 10.4. The first-order chi connectivity index (χ1) is 15.0. The molecule has 0 unspecified atom stereocenters. The molecule has 0 aliphatic carbocycles. The molecule has 1 aliphatic heterocycles. The van der Waals surface area contributed by atoms with Crippen LogP contribution in [-0.2, 0) is 16.1 Å². The minimum Gasteiger partial charge on any atom is -0.494 e. The van der Waals surface area contributed by atoms with Crippen molar-refractivity contribution < 1.29 is 19.1 Å². The Bertz CT molecular complexity index is 926. The Morgan fingerprint density at radius 3 is 2.35 bits per heavy atom. The molecule has 0 radical (unpaired) electrons. The lowest BCUT2D eigenvalue weighted by molar-refractivity contribution is -0.139. The van der Waals surface area contributed by atoms with Gasteiger partial charge in [0.1, 0.15) is 5.75 Å². The second kappa shape index (κ2) is 10.6. The van der Waals surface area contributed by atoms with E-state index in [1.165, 1.54) is 0 Å². The van der Waals surface area contributed by atoms with Crippen molar-refractivity contribution in [3.63, 3.8) is 0 Å². The number of hydrogen-bond acceptors (Lipinski definition) is 5. The molecule has 31 heavy (non-hydrogen) atoms. The minimum absolute atomic E-state index is 0.249. The van der Waals surface area contributed by atoms with E-state index in [1.807, 2.05) is 73.5 Å². The summed E-state index contributed by atoms with van der Waals surface area (Å²) in [4.78, 5) is 27.4. The lowest BCUT2D eigenvalue weighted by atomic mass is 9.95. The number of carbonyl (C=O) groups excluding carboxylic acids is 2. The number of esters is 1. The fourth-order valence-corrected chi connectivity index (χ4v) is 3.59. The Labute approximate surface area is 183 Å². The molecule has 0 fully saturated rings. The van der Waals surface area contributed by atoms with E-state index in [1.54, 1.807) is 6.92 Å². The fraction of sp³-hybridized carbons (Fsp3) is 0.333. The second-order valence-corrected chi connectivity index (χ2v) is 7.30. The summed E-state index contributed by atoms with van der Waals surface area (Å²) >= 11 is 0. The van der Waals surface area contributed by atoms with Gasteiger partial charge in [0.2, 0.25) is 0 Å². The lowest BCUT2D eigenvalue weighted by Gasteiger charge is -2.31. The Morgan fingerprint density at radius 1 is 1.00 bits per heavy atom. The van der Waals surface area contributed by atoms with E-state index in [-0.39, 0.29) is 12.6 Å². The van der Waals surface area contributed by atoms with Crippen LogP contribution in [0.4, 0.5) is 4.79 Å². The molecule has 2 aromatic rings. The molecule has 0 bridgehead atoms. The summed E-state index contributed by atoms with van der Waals surface area (Å²) < 4.78 is 10.8. The largest absolute Gasteiger partial charge is 0.494 e. The van der Waals surface area contributed by atoms with Crippen molar-refractivity contribution in [2.24, 2.45) is 0 Å². The zero-order chi connectivity index (χ0) is 22.2. The predicted molar refractivity (Wildman–Crippen MR) is 118 cm³/mol. The Kier molecular flexibility index (Phi) is 7.67. The number of ether oxygens (including phenoxy) is 2. The van der Waals surface area contributed by atoms with Crippen LogP contribution in [-0.4, -0.2) is 43.7 Å². The number of rotatable bonds is 9. The van der Waals surface area contributed by atoms with Gasteiger partial charge in [-0.25, -0.2) is 9.59 Å². The topological polar surface area (TPSA) is 79.9 Å². The van der Waals surface area contributed by atoms with Crippen LogP contribution in [0.3, 0.4) is 0 Å². The number of nitrogens with zero attached hydrogens (tertiary/aromatic N) is 1. The molecule has 0 spiro atoms. The van der Waals surface area contributed by atoms with E-state index in [0.717, 1.165) is 16.9 Å². The highest BCUT2D eigenvalue weighted by molar-refractivity contribution is 5.95. The number of hydrogen-bond donors (Lipinski definition) is 2. The number of amides is 2. The Balaban J connectivity index is 1.91. The first kappa shape index (κ1) is 22.4. The van der Waals surface area contributed by atoms with Crippen LogP contribution in [0.1, 0.15) is 31.0 Å². The van der Waals surface area contributed by atoms with Gasteiger partial charge in [0.15, 0.2) is 0 Å². The summed E-state index contributed by atoms with van der Waals surface area (Å²) in [6.45, 7) is 5.57. The maximum atomic E-state index is 12.9. The molecule has 1 heterocycles. The van der Waals surface area contributed by atoms with Crippen molar-refractivity contribution in [1.29, 1.82) is 0 Å². The summed E-state index contributed by atoms with van der Waals surface area (Å²) in [5, 5.41) is 5.67. The van der Waals surface area contributed by atoms with Crippen molar-refractivity contribution in [3.05, 3.63) is 77.0 Å². The second-order valence-electron chi connectivity index (χ2n) is 7.30. The standard InChI is InChI=1S/C24H29N3O4/c1-4-30-19-13-11-18(12-14-19)22-21(23(28)31-5-2)20(25-24(29)26-22)16-27(3)15-17-9-7-6-8-10-17/h6-14,22H,4-5,15-16H2,1-3H3,(H2,25,26,29)/t22-/m1/s1. The summed E-state index contributed by atoms with van der Waals surface area (Å²) in [5.41, 5.74) is 2.88. The Morgan fingerprint density at radius 2 is 1.71 bits per heavy atom. The average Bonchev–Trinajstić information content (AvgIpc) is 2.75. The number of benzene rings is 2. The van der Waals surface area contributed by atoms with E-state index in [9.17, 15) is 9.59 Å². The molecule has 2 amide bonds. The predicted octanol–water partition coefficient (Wildman–Crippen LogP) is 3.39. The highest BCUT2D eigenvalue weighted by atomic mass is 16.5. The van der Waals surface area contributed by atoms with Gasteiger partial charge in [-0.05, 0) is 44.2 Å². The molecular formula is C24H29N3O4. The molecule has 0 aromatic heterocycles. The first-order valence-corrected chi connectivity index (χ1v) is 10.4. The van der Waals surface area contributed by atoms with Gasteiger partial charge in [0.05, 0.1) is 24.8 Å². The highest BCUT2D eigenvalue weighted by Crippen LogP contribution is 2.29. The quantitative estimate of drug-likeness (QED) is 0.605. The van der Waals surface area contributed by atoms with Crippen molar-refractivity contribution in [2.45, 2.75) is 26.4 Å². The molecule has 164 valence electrons. The van der Waals surface area contributed by atoms with Crippen LogP contribution in [0.15, 0.2) is 65.9 Å². The van der Waals surface area contributed by atoms with Gasteiger partial charge in [-0.3, -0.25) is 4.90 Å². The number of carbonyl (C=O) groups is 2. The van der Waals surface area contributed by atoms with Crippen molar-refractivity contribution in [1.82, 2.24) is 15.5 Å². The summed E-state index contributed by atoms with van der Waals surface area (Å²) in [6.07, 6.45) is 0. The van der Waals surface area contributed by atoms with E-state index >= 15 is 0 Å². The van der Waals surface area contributed by atoms with Gasteiger partial charge < -0.3 is 20.1 Å². The van der Waals surface area contributed by atoms with Crippen LogP contribution in [0.25, 0.3) is 0 Å². The van der Waals surface area contributed by atoms with Gasteiger partial charge in [-0.1, -0.05) is 42.5 Å². The third-order valence-corrected chi connectivity index (χ3v) is 4.90. The van der Waals surface area contributed by atoms with Crippen LogP contribution in [0, 0.1) is 0 Å². The third kappa shape index (κ3) is 5.86. The molecule has 0 saturated carbocycles. The van der Waals surface area contributed by atoms with Crippen molar-refractivity contribution in [2.75, 3.05) is 26.8 Å². The number of likely N-dealkylation sites (N-methyl/N-ethyl adjacent to an activating group) is 1. The van der Waals surface area contributed by atoms with Crippen molar-refractivity contribution >= 4 is 12.0 Å². The van der Waals surface area contributed by atoms with Gasteiger partial charge >= 0.3 is 12.0 Å². The Hall–Kier alpha value is -3.32. The molecule has 2 N–H and O–H groups in total. The average molecular weight is 424 g/mol. The lowest BCUT2D eigenvalue weighted by Crippen LogP contribution is -2.48. The molecular weight excluding hydrogens is 394 g/mol. The zero-order valence-electron chi connectivity index (χ0n) is 18.2. The molecule has 7 nitrogen and oxygen atoms in total. The van der Waals surface area contributed by atoms with Crippen LogP contribution in [0.2, 0.25) is 0 Å². The molecule has 2 aromatic carbocycles. The summed E-state index contributed by atoms with van der Waals surface area (Å²) in [6, 6.07) is 16.4. The smallest absolute Gasteiger partial charge is 0.338 e. The molecule has 7 heteroatoms. The van der Waals surface area contributed by atoms with Crippen molar-refractivity contribution in [3.8, 4) is 5.75 Å². The maximum absolute atomic E-state index is 12.9. The third-order valence-electron chi connectivity index (χ3n) is 4.90. The normalized spacial score (nSPS) is 16.0. The van der Waals surface area contributed by atoms with Crippen LogP contribution >= 0.6 is 0 Å². The monoisotopic (exact) mass is 423 g/mol. The van der Waals surface area contributed by atoms with E-state index < -0.39 is 12.0 Å². The fourth-order valence-electron chi connectivity index (χ4n) is 3.59. The van der Waals surface area contributed by atoms with Crippen LogP contribution in [0.5, 0.6) is 5.75 Å². The van der Waals surface area contributed by atoms with E-state index in [0.29, 0.717) is 31.0 Å². The van der Waals surface area contributed by atoms with E-state index in [4.69, 9.17) is 9.47 Å². The number of nitrogens with one attached hydrogen (secondary N) is 2. The van der Waals surface area contributed by atoms with Gasteiger partial charge in [0, 0.05) is 18.8 Å². The molecule has 3 rings (SSSR count). The molecule has 1 atom stereocenters. The summed E-state index contributed by atoms with van der Waals surface area (Å²) in [5.74, 6) is 0.285. The number of urea groups is 1. The van der Waals surface area contributed by atoms with E-state index in [2.05, 4.69) is 10.6 Å². The molecule has 0 saturated heterocycles. The van der Waals surface area contributed by atoms with Crippen LogP contribution < -0.4 is 15.4 Å². The summed E-state index contributed by atoms with van der Waals surface area (Å²) in [7, 11) is 1.95. The highest BCUT2D eigenvalue weighted by Gasteiger charge is 2.34. The van der Waals surface area contributed by atoms with Gasteiger partial charge in [-0.2, -0.15) is 0 Å². The maximum Gasteiger partial charge on any atom is 0.338 e.